The Labute approximate surface area is 123 Å². The molecule has 8 heteroatoms. The van der Waals surface area contributed by atoms with Gasteiger partial charge in [-0.2, -0.15) is 4.31 Å². The fourth-order valence-corrected chi connectivity index (χ4v) is 4.95. The van der Waals surface area contributed by atoms with Crippen LogP contribution in [0.1, 0.15) is 23.6 Å². The van der Waals surface area contributed by atoms with Crippen molar-refractivity contribution in [2.45, 2.75) is 38.2 Å². The van der Waals surface area contributed by atoms with Crippen LogP contribution in [0.15, 0.2) is 11.0 Å². The van der Waals surface area contributed by atoms with Crippen molar-refractivity contribution in [1.82, 2.24) is 4.31 Å². The second kappa shape index (κ2) is 4.75. The number of benzene rings is 1. The number of aliphatic hydroxyl groups is 1. The van der Waals surface area contributed by atoms with Crippen LogP contribution in [0.3, 0.4) is 0 Å². The molecule has 0 aromatic heterocycles. The molecule has 0 bridgehead atoms. The van der Waals surface area contributed by atoms with Crippen LogP contribution < -0.4 is 0 Å². The van der Waals surface area contributed by atoms with Gasteiger partial charge >= 0.3 is 0 Å². The quantitative estimate of drug-likeness (QED) is 0.669. The Balaban J connectivity index is 2.59. The van der Waals surface area contributed by atoms with Crippen LogP contribution in [0.5, 0.6) is 0 Å². The summed E-state index contributed by atoms with van der Waals surface area (Å²) in [6.07, 6.45) is 0. The van der Waals surface area contributed by atoms with E-state index in [-0.39, 0.29) is 29.2 Å². The molecule has 0 aliphatic carbocycles. The number of β-amino-alcohol motifs (C(OH)–C–C–N with tert-alkyl or cyclic N) is 1. The van der Waals surface area contributed by atoms with Gasteiger partial charge in [0.2, 0.25) is 10.0 Å². The molecule has 1 saturated heterocycles. The van der Waals surface area contributed by atoms with E-state index >= 15 is 0 Å². The number of aryl methyl sites for hydroxylation is 2. The Kier molecular flexibility index (Phi) is 3.59. The minimum Gasteiger partial charge on any atom is -0.387 e. The molecule has 1 aromatic rings. The molecule has 1 aromatic carbocycles. The van der Waals surface area contributed by atoms with Gasteiger partial charge in [-0.3, -0.25) is 10.1 Å². The van der Waals surface area contributed by atoms with Gasteiger partial charge in [0.05, 0.1) is 15.4 Å². The number of hydrogen-bond acceptors (Lipinski definition) is 5. The van der Waals surface area contributed by atoms with E-state index in [4.69, 9.17) is 0 Å². The lowest BCUT2D eigenvalue weighted by Gasteiger charge is -2.43. The molecular formula is C13H18N2O5S. The van der Waals surface area contributed by atoms with E-state index in [0.29, 0.717) is 11.1 Å². The van der Waals surface area contributed by atoms with E-state index in [2.05, 4.69) is 0 Å². The van der Waals surface area contributed by atoms with Gasteiger partial charge in [0.25, 0.3) is 5.69 Å². The van der Waals surface area contributed by atoms with Crippen molar-refractivity contribution < 1.29 is 18.4 Å². The third-order valence-corrected chi connectivity index (χ3v) is 5.76. The van der Waals surface area contributed by atoms with E-state index < -0.39 is 20.5 Å². The zero-order chi connectivity index (χ0) is 16.2. The van der Waals surface area contributed by atoms with Crippen molar-refractivity contribution in [3.63, 3.8) is 0 Å². The predicted molar refractivity (Wildman–Crippen MR) is 76.7 cm³/mol. The summed E-state index contributed by atoms with van der Waals surface area (Å²) >= 11 is 0. The third kappa shape index (κ3) is 2.54. The molecule has 1 N–H and O–H groups in total. The highest BCUT2D eigenvalue weighted by atomic mass is 32.2. The van der Waals surface area contributed by atoms with Crippen molar-refractivity contribution in [3.8, 4) is 0 Å². The van der Waals surface area contributed by atoms with E-state index in [9.17, 15) is 23.6 Å². The van der Waals surface area contributed by atoms with Crippen LogP contribution in [0, 0.1) is 30.9 Å². The maximum absolute atomic E-state index is 12.6. The van der Waals surface area contributed by atoms with Crippen molar-refractivity contribution in [3.05, 3.63) is 32.9 Å². The topological polar surface area (TPSA) is 101 Å². The van der Waals surface area contributed by atoms with Gasteiger partial charge in [-0.25, -0.2) is 8.42 Å². The third-order valence-electron chi connectivity index (χ3n) is 3.67. The summed E-state index contributed by atoms with van der Waals surface area (Å²) in [4.78, 5) is 10.6. The molecule has 0 atom stereocenters. The summed E-state index contributed by atoms with van der Waals surface area (Å²) in [5, 5.41) is 20.9. The highest BCUT2D eigenvalue weighted by molar-refractivity contribution is 7.89. The van der Waals surface area contributed by atoms with Crippen molar-refractivity contribution >= 4 is 15.7 Å². The maximum atomic E-state index is 12.6. The summed E-state index contributed by atoms with van der Waals surface area (Å²) in [7, 11) is -3.84. The highest BCUT2D eigenvalue weighted by Gasteiger charge is 2.45. The van der Waals surface area contributed by atoms with Gasteiger partial charge in [-0.05, 0) is 39.3 Å². The Morgan fingerprint density at radius 1 is 1.29 bits per heavy atom. The van der Waals surface area contributed by atoms with Crippen LogP contribution in [0.2, 0.25) is 0 Å². The van der Waals surface area contributed by atoms with Gasteiger partial charge in [0.15, 0.2) is 0 Å². The van der Waals surface area contributed by atoms with Crippen molar-refractivity contribution in [2.24, 2.45) is 0 Å². The standard InChI is InChI=1S/C13H18N2O5S/c1-8-5-9(2)12(10(3)11(8)15(17)18)21(19,20)14-6-13(4,16)7-14/h5,16H,6-7H2,1-4H3. The molecule has 0 amide bonds. The molecule has 0 radical (unpaired) electrons. The van der Waals surface area contributed by atoms with E-state index in [1.54, 1.807) is 20.8 Å². The van der Waals surface area contributed by atoms with E-state index in [1.165, 1.54) is 13.0 Å². The molecule has 0 saturated carbocycles. The van der Waals surface area contributed by atoms with Crippen LogP contribution in [-0.4, -0.2) is 41.4 Å². The summed E-state index contributed by atoms with van der Waals surface area (Å²) in [5.74, 6) is 0. The first kappa shape index (κ1) is 15.9. The zero-order valence-electron chi connectivity index (χ0n) is 12.4. The Morgan fingerprint density at radius 3 is 2.24 bits per heavy atom. The summed E-state index contributed by atoms with van der Waals surface area (Å²) in [6, 6.07) is 1.51. The molecule has 0 spiro atoms. The number of sulfonamides is 1. The van der Waals surface area contributed by atoms with Gasteiger partial charge < -0.3 is 5.11 Å². The highest BCUT2D eigenvalue weighted by Crippen LogP contribution is 2.36. The van der Waals surface area contributed by atoms with Gasteiger partial charge in [0.1, 0.15) is 0 Å². The van der Waals surface area contributed by atoms with Gasteiger partial charge in [-0.1, -0.05) is 0 Å². The van der Waals surface area contributed by atoms with E-state index in [0.717, 1.165) is 4.31 Å². The number of nitro groups is 1. The van der Waals surface area contributed by atoms with Crippen LogP contribution in [0.25, 0.3) is 0 Å². The molecule has 7 nitrogen and oxygen atoms in total. The number of nitrogens with zero attached hydrogens (tertiary/aromatic N) is 2. The smallest absolute Gasteiger partial charge is 0.276 e. The lowest BCUT2D eigenvalue weighted by molar-refractivity contribution is -0.386. The minimum atomic E-state index is -3.84. The number of nitro benzene ring substituents is 1. The van der Waals surface area contributed by atoms with Gasteiger partial charge in [-0.15, -0.1) is 0 Å². The average Bonchev–Trinajstić information content (AvgIpc) is 2.23. The van der Waals surface area contributed by atoms with Gasteiger partial charge in [0, 0.05) is 24.2 Å². The van der Waals surface area contributed by atoms with Crippen LogP contribution >= 0.6 is 0 Å². The predicted octanol–water partition coefficient (Wildman–Crippen LogP) is 1.28. The monoisotopic (exact) mass is 314 g/mol. The Morgan fingerprint density at radius 2 is 1.81 bits per heavy atom. The second-order valence-corrected chi connectivity index (χ2v) is 7.72. The fraction of sp³-hybridized carbons (Fsp3) is 0.538. The molecule has 1 heterocycles. The SMILES string of the molecule is Cc1cc(C)c(S(=O)(=O)N2CC(C)(O)C2)c(C)c1[N+](=O)[O-]. The maximum Gasteiger partial charge on any atom is 0.276 e. The first-order valence-corrected chi connectivity index (χ1v) is 7.89. The average molecular weight is 314 g/mol. The second-order valence-electron chi connectivity index (χ2n) is 5.84. The molecule has 21 heavy (non-hydrogen) atoms. The normalized spacial score (nSPS) is 18.3. The largest absolute Gasteiger partial charge is 0.387 e. The number of hydrogen-bond donors (Lipinski definition) is 1. The van der Waals surface area contributed by atoms with Crippen molar-refractivity contribution in [2.75, 3.05) is 13.1 Å². The lowest BCUT2D eigenvalue weighted by atomic mass is 10.0. The molecule has 116 valence electrons. The molecule has 1 aliphatic rings. The van der Waals surface area contributed by atoms with Crippen molar-refractivity contribution in [1.29, 1.82) is 0 Å². The summed E-state index contributed by atoms with van der Waals surface area (Å²) < 4.78 is 26.4. The molecule has 2 rings (SSSR count). The number of rotatable bonds is 3. The zero-order valence-corrected chi connectivity index (χ0v) is 13.2. The molecule has 0 unspecified atom stereocenters. The first-order chi connectivity index (χ1) is 9.47. The van der Waals surface area contributed by atoms with Crippen LogP contribution in [0.4, 0.5) is 5.69 Å². The molecule has 1 aliphatic heterocycles. The Hall–Kier alpha value is -1.51. The summed E-state index contributed by atoms with van der Waals surface area (Å²) in [5.41, 5.74) is -0.159. The molecule has 1 fully saturated rings. The summed E-state index contributed by atoms with van der Waals surface area (Å²) in [6.45, 7) is 6.20. The first-order valence-electron chi connectivity index (χ1n) is 6.45. The van der Waals surface area contributed by atoms with E-state index in [1.807, 2.05) is 0 Å². The fourth-order valence-electron chi connectivity index (χ4n) is 2.85. The molecular weight excluding hydrogens is 296 g/mol. The Bertz CT molecular complexity index is 717. The minimum absolute atomic E-state index is 0.00408. The van der Waals surface area contributed by atoms with Crippen LogP contribution in [-0.2, 0) is 10.0 Å². The lowest BCUT2D eigenvalue weighted by Crippen LogP contribution is -2.61.